The molecule has 3 heteroatoms. The van der Waals surface area contributed by atoms with Gasteiger partial charge in [-0.05, 0) is 37.8 Å². The molecule has 0 unspecified atom stereocenters. The molecule has 0 spiro atoms. The maximum Gasteiger partial charge on any atom is 0.251 e. The van der Waals surface area contributed by atoms with E-state index in [1.165, 1.54) is 32.1 Å². The van der Waals surface area contributed by atoms with Crippen LogP contribution < -0.4 is 5.32 Å². The summed E-state index contributed by atoms with van der Waals surface area (Å²) in [5.74, 6) is 0.970. The Balaban J connectivity index is 1.76. The summed E-state index contributed by atoms with van der Waals surface area (Å²) in [5, 5.41) is 12.5. The third kappa shape index (κ3) is 3.72. The fourth-order valence-electron chi connectivity index (χ4n) is 2.86. The smallest absolute Gasteiger partial charge is 0.251 e. The summed E-state index contributed by atoms with van der Waals surface area (Å²) in [5.41, 5.74) is 1.22. The van der Waals surface area contributed by atoms with E-state index < -0.39 is 0 Å². The summed E-state index contributed by atoms with van der Waals surface area (Å²) in [7, 11) is 0. The van der Waals surface area contributed by atoms with E-state index in [9.17, 15) is 9.90 Å². The van der Waals surface area contributed by atoms with Gasteiger partial charge in [-0.2, -0.15) is 0 Å². The standard InChI is InChI=1S/C16H23NO2/c1-12-14(9-4-10-15(12)18)16(19)17-11-5-8-13-6-2-3-7-13/h4,9-10,13,18H,2-3,5-8,11H2,1H3,(H,17,19). The van der Waals surface area contributed by atoms with Crippen LogP contribution in [0, 0.1) is 12.8 Å². The van der Waals surface area contributed by atoms with Gasteiger partial charge >= 0.3 is 0 Å². The largest absolute Gasteiger partial charge is 0.508 e. The summed E-state index contributed by atoms with van der Waals surface area (Å²) in [6.07, 6.45) is 7.74. The number of carbonyl (C=O) groups excluding carboxylic acids is 1. The van der Waals surface area contributed by atoms with E-state index in [-0.39, 0.29) is 11.7 Å². The number of amides is 1. The number of aromatic hydroxyl groups is 1. The minimum Gasteiger partial charge on any atom is -0.508 e. The Morgan fingerprint density at radius 1 is 1.37 bits per heavy atom. The van der Waals surface area contributed by atoms with E-state index in [2.05, 4.69) is 5.32 Å². The van der Waals surface area contributed by atoms with Gasteiger partial charge in [-0.1, -0.05) is 31.7 Å². The van der Waals surface area contributed by atoms with Crippen LogP contribution in [0.3, 0.4) is 0 Å². The number of nitrogens with one attached hydrogen (secondary N) is 1. The summed E-state index contributed by atoms with van der Waals surface area (Å²) in [6, 6.07) is 5.06. The first kappa shape index (κ1) is 13.9. The second-order valence-corrected chi connectivity index (χ2v) is 5.50. The zero-order valence-electron chi connectivity index (χ0n) is 11.6. The third-order valence-corrected chi connectivity index (χ3v) is 4.10. The van der Waals surface area contributed by atoms with Crippen molar-refractivity contribution in [3.05, 3.63) is 29.3 Å². The molecular formula is C16H23NO2. The highest BCUT2D eigenvalue weighted by atomic mass is 16.3. The van der Waals surface area contributed by atoms with Crippen molar-refractivity contribution in [2.75, 3.05) is 6.54 Å². The predicted molar refractivity (Wildman–Crippen MR) is 76.4 cm³/mol. The predicted octanol–water partition coefficient (Wildman–Crippen LogP) is 3.40. The Kier molecular flexibility index (Phi) is 4.83. The van der Waals surface area contributed by atoms with Gasteiger partial charge in [-0.25, -0.2) is 0 Å². The average molecular weight is 261 g/mol. The van der Waals surface area contributed by atoms with Gasteiger partial charge in [0.05, 0.1) is 0 Å². The van der Waals surface area contributed by atoms with Crippen molar-refractivity contribution in [1.29, 1.82) is 0 Å². The van der Waals surface area contributed by atoms with Crippen molar-refractivity contribution in [2.45, 2.75) is 45.4 Å². The van der Waals surface area contributed by atoms with Gasteiger partial charge in [0.1, 0.15) is 5.75 Å². The highest BCUT2D eigenvalue weighted by Crippen LogP contribution is 2.28. The van der Waals surface area contributed by atoms with E-state index >= 15 is 0 Å². The van der Waals surface area contributed by atoms with Crippen LogP contribution in [-0.4, -0.2) is 17.6 Å². The van der Waals surface area contributed by atoms with E-state index in [0.29, 0.717) is 11.1 Å². The summed E-state index contributed by atoms with van der Waals surface area (Å²) >= 11 is 0. The van der Waals surface area contributed by atoms with E-state index in [0.717, 1.165) is 18.9 Å². The van der Waals surface area contributed by atoms with E-state index in [1.54, 1.807) is 25.1 Å². The highest BCUT2D eigenvalue weighted by molar-refractivity contribution is 5.96. The monoisotopic (exact) mass is 261 g/mol. The maximum atomic E-state index is 12.0. The minimum atomic E-state index is -0.0835. The van der Waals surface area contributed by atoms with Crippen molar-refractivity contribution in [3.8, 4) is 5.75 Å². The Bertz CT molecular complexity index is 436. The van der Waals surface area contributed by atoms with Gasteiger partial charge in [-0.3, -0.25) is 4.79 Å². The molecule has 2 rings (SSSR count). The molecule has 1 aromatic carbocycles. The molecule has 0 radical (unpaired) electrons. The van der Waals surface area contributed by atoms with Crippen LogP contribution in [0.25, 0.3) is 0 Å². The van der Waals surface area contributed by atoms with Crippen LogP contribution in [0.15, 0.2) is 18.2 Å². The molecule has 1 amide bonds. The zero-order chi connectivity index (χ0) is 13.7. The molecular weight excluding hydrogens is 238 g/mol. The Hall–Kier alpha value is -1.51. The molecule has 1 fully saturated rings. The first-order valence-corrected chi connectivity index (χ1v) is 7.25. The van der Waals surface area contributed by atoms with Crippen molar-refractivity contribution in [1.82, 2.24) is 5.32 Å². The molecule has 1 aliphatic carbocycles. The number of hydrogen-bond donors (Lipinski definition) is 2. The Morgan fingerprint density at radius 2 is 2.11 bits per heavy atom. The van der Waals surface area contributed by atoms with Gasteiger partial charge in [-0.15, -0.1) is 0 Å². The SMILES string of the molecule is Cc1c(O)cccc1C(=O)NCCCC1CCCC1. The molecule has 0 aliphatic heterocycles. The zero-order valence-corrected chi connectivity index (χ0v) is 11.6. The maximum absolute atomic E-state index is 12.0. The molecule has 0 atom stereocenters. The fraction of sp³-hybridized carbons (Fsp3) is 0.562. The van der Waals surface area contributed by atoms with Gasteiger partial charge in [0.15, 0.2) is 0 Å². The minimum absolute atomic E-state index is 0.0835. The number of carbonyl (C=O) groups is 1. The van der Waals surface area contributed by atoms with Crippen LogP contribution in [0.5, 0.6) is 5.75 Å². The van der Waals surface area contributed by atoms with Crippen LogP contribution >= 0.6 is 0 Å². The lowest BCUT2D eigenvalue weighted by Crippen LogP contribution is -2.25. The van der Waals surface area contributed by atoms with Crippen LogP contribution in [0.4, 0.5) is 0 Å². The first-order chi connectivity index (χ1) is 9.18. The average Bonchev–Trinajstić information content (AvgIpc) is 2.91. The quantitative estimate of drug-likeness (QED) is 0.798. The number of phenols is 1. The van der Waals surface area contributed by atoms with E-state index in [4.69, 9.17) is 0 Å². The highest BCUT2D eigenvalue weighted by Gasteiger charge is 2.15. The Morgan fingerprint density at radius 3 is 2.84 bits per heavy atom. The normalized spacial score (nSPS) is 15.6. The third-order valence-electron chi connectivity index (χ3n) is 4.10. The topological polar surface area (TPSA) is 49.3 Å². The fourth-order valence-corrected chi connectivity index (χ4v) is 2.86. The van der Waals surface area contributed by atoms with Crippen LogP contribution in [-0.2, 0) is 0 Å². The van der Waals surface area contributed by atoms with E-state index in [1.807, 2.05) is 0 Å². The van der Waals surface area contributed by atoms with Gasteiger partial charge < -0.3 is 10.4 Å². The number of rotatable bonds is 5. The van der Waals surface area contributed by atoms with Gasteiger partial charge in [0.25, 0.3) is 5.91 Å². The van der Waals surface area contributed by atoms with Crippen LogP contribution in [0.1, 0.15) is 54.4 Å². The van der Waals surface area contributed by atoms with Gasteiger partial charge in [0.2, 0.25) is 0 Å². The molecule has 1 saturated carbocycles. The lowest BCUT2D eigenvalue weighted by Gasteiger charge is -2.11. The van der Waals surface area contributed by atoms with Crippen LogP contribution in [0.2, 0.25) is 0 Å². The molecule has 0 heterocycles. The molecule has 2 N–H and O–H groups in total. The summed E-state index contributed by atoms with van der Waals surface area (Å²) < 4.78 is 0. The van der Waals surface area contributed by atoms with Crippen molar-refractivity contribution in [3.63, 3.8) is 0 Å². The molecule has 1 aliphatic rings. The molecule has 0 bridgehead atoms. The molecule has 0 aromatic heterocycles. The summed E-state index contributed by atoms with van der Waals surface area (Å²) in [6.45, 7) is 2.49. The number of hydrogen-bond acceptors (Lipinski definition) is 2. The molecule has 104 valence electrons. The molecule has 19 heavy (non-hydrogen) atoms. The lowest BCUT2D eigenvalue weighted by molar-refractivity contribution is 0.0951. The van der Waals surface area contributed by atoms with Crippen molar-refractivity contribution < 1.29 is 9.90 Å². The second kappa shape index (κ2) is 6.60. The van der Waals surface area contributed by atoms with Crippen molar-refractivity contribution >= 4 is 5.91 Å². The molecule has 0 saturated heterocycles. The number of phenolic OH excluding ortho intramolecular Hbond substituents is 1. The van der Waals surface area contributed by atoms with Crippen molar-refractivity contribution in [2.24, 2.45) is 5.92 Å². The number of benzene rings is 1. The first-order valence-electron chi connectivity index (χ1n) is 7.25. The Labute approximate surface area is 115 Å². The summed E-state index contributed by atoms with van der Waals surface area (Å²) in [4.78, 5) is 12.0. The van der Waals surface area contributed by atoms with Gasteiger partial charge in [0, 0.05) is 17.7 Å². The second-order valence-electron chi connectivity index (χ2n) is 5.50. The lowest BCUT2D eigenvalue weighted by atomic mass is 10.0. The molecule has 1 aromatic rings. The molecule has 3 nitrogen and oxygen atoms in total.